The highest BCUT2D eigenvalue weighted by Gasteiger charge is 2.16. The topological polar surface area (TPSA) is 90.7 Å². The Kier molecular flexibility index (Phi) is 5.89. The molecule has 0 spiro atoms. The van der Waals surface area contributed by atoms with Gasteiger partial charge in [-0.15, -0.1) is 0 Å². The first kappa shape index (κ1) is 18.2. The van der Waals surface area contributed by atoms with Crippen molar-refractivity contribution < 1.29 is 23.6 Å². The molecule has 0 aromatic heterocycles. The summed E-state index contributed by atoms with van der Waals surface area (Å²) in [6.45, 7) is 4.46. The molecule has 0 aliphatic rings. The molecule has 0 unspecified atom stereocenters. The van der Waals surface area contributed by atoms with E-state index < -0.39 is 22.3 Å². The number of nitrogens with zero attached hydrogens (tertiary/aromatic N) is 1. The number of amides is 1. The molecule has 2 aromatic rings. The van der Waals surface area contributed by atoms with Crippen molar-refractivity contribution in [2.45, 2.75) is 13.8 Å². The first-order chi connectivity index (χ1) is 11.9. The molecule has 1 N–H and O–H groups in total. The van der Waals surface area contributed by atoms with Gasteiger partial charge in [-0.1, -0.05) is 0 Å². The minimum absolute atomic E-state index is 0.109. The summed E-state index contributed by atoms with van der Waals surface area (Å²) in [6.07, 6.45) is 0. The molecule has 0 heterocycles. The molecule has 0 bridgehead atoms. The molecule has 0 atom stereocenters. The van der Waals surface area contributed by atoms with Gasteiger partial charge in [0.2, 0.25) is 5.82 Å². The minimum atomic E-state index is -0.972. The zero-order chi connectivity index (χ0) is 18.4. The minimum Gasteiger partial charge on any atom is -0.494 e. The average Bonchev–Trinajstić information content (AvgIpc) is 2.56. The number of carbonyl (C=O) groups excluding carboxylic acids is 1. The van der Waals surface area contributed by atoms with E-state index in [2.05, 4.69) is 5.32 Å². The molecule has 2 rings (SSSR count). The van der Waals surface area contributed by atoms with Crippen LogP contribution in [0, 0.1) is 15.9 Å². The molecule has 132 valence electrons. The van der Waals surface area contributed by atoms with E-state index in [-0.39, 0.29) is 11.3 Å². The summed E-state index contributed by atoms with van der Waals surface area (Å²) < 4.78 is 24.2. The van der Waals surface area contributed by atoms with E-state index >= 15 is 0 Å². The highest BCUT2D eigenvalue weighted by Crippen LogP contribution is 2.25. The third-order valence-corrected chi connectivity index (χ3v) is 3.16. The Hall–Kier alpha value is -3.16. The van der Waals surface area contributed by atoms with Crippen LogP contribution in [-0.4, -0.2) is 24.0 Å². The summed E-state index contributed by atoms with van der Waals surface area (Å²) in [6, 6.07) is 7.85. The van der Waals surface area contributed by atoms with Crippen molar-refractivity contribution in [3.63, 3.8) is 0 Å². The van der Waals surface area contributed by atoms with Crippen molar-refractivity contribution in [2.24, 2.45) is 0 Å². The molecule has 0 saturated carbocycles. The van der Waals surface area contributed by atoms with E-state index in [4.69, 9.17) is 9.47 Å². The van der Waals surface area contributed by atoms with Gasteiger partial charge in [0, 0.05) is 23.4 Å². The fraction of sp³-hybridized carbons (Fsp3) is 0.235. The van der Waals surface area contributed by atoms with E-state index in [1.807, 2.05) is 13.8 Å². The first-order valence-electron chi connectivity index (χ1n) is 7.60. The van der Waals surface area contributed by atoms with Crippen molar-refractivity contribution in [3.05, 3.63) is 57.9 Å². The van der Waals surface area contributed by atoms with Gasteiger partial charge < -0.3 is 14.8 Å². The second-order valence-electron chi connectivity index (χ2n) is 4.94. The predicted octanol–water partition coefficient (Wildman–Crippen LogP) is 3.78. The lowest BCUT2D eigenvalue weighted by Crippen LogP contribution is -2.13. The fourth-order valence-corrected chi connectivity index (χ4v) is 2.14. The molecule has 0 aliphatic heterocycles. The zero-order valence-electron chi connectivity index (χ0n) is 13.7. The van der Waals surface area contributed by atoms with Crippen molar-refractivity contribution in [1.82, 2.24) is 0 Å². The van der Waals surface area contributed by atoms with Gasteiger partial charge in [-0.2, -0.15) is 4.39 Å². The van der Waals surface area contributed by atoms with E-state index in [0.717, 1.165) is 12.1 Å². The van der Waals surface area contributed by atoms with Crippen LogP contribution in [-0.2, 0) is 0 Å². The van der Waals surface area contributed by atoms with Crippen LogP contribution in [0.3, 0.4) is 0 Å². The third kappa shape index (κ3) is 4.66. The lowest BCUT2D eigenvalue weighted by Gasteiger charge is -2.11. The molecule has 0 radical (unpaired) electrons. The number of nitro groups is 1. The van der Waals surface area contributed by atoms with Crippen LogP contribution in [0.1, 0.15) is 24.2 Å². The maximum absolute atomic E-state index is 13.4. The van der Waals surface area contributed by atoms with Gasteiger partial charge in [-0.3, -0.25) is 14.9 Å². The summed E-state index contributed by atoms with van der Waals surface area (Å²) in [7, 11) is 0. The number of halogens is 1. The number of carbonyl (C=O) groups is 1. The Morgan fingerprint density at radius 2 is 1.72 bits per heavy atom. The normalized spacial score (nSPS) is 10.2. The van der Waals surface area contributed by atoms with Gasteiger partial charge in [-0.05, 0) is 38.1 Å². The molecular formula is C17H17FN2O5. The maximum Gasteiger partial charge on any atom is 0.306 e. The largest absolute Gasteiger partial charge is 0.494 e. The lowest BCUT2D eigenvalue weighted by atomic mass is 10.1. The van der Waals surface area contributed by atoms with Crippen LogP contribution < -0.4 is 14.8 Å². The molecule has 0 aliphatic carbocycles. The Morgan fingerprint density at radius 3 is 2.24 bits per heavy atom. The van der Waals surface area contributed by atoms with E-state index in [1.165, 1.54) is 18.2 Å². The average molecular weight is 348 g/mol. The molecule has 7 nitrogen and oxygen atoms in total. The van der Waals surface area contributed by atoms with E-state index in [1.54, 1.807) is 6.07 Å². The summed E-state index contributed by atoms with van der Waals surface area (Å²) >= 11 is 0. The summed E-state index contributed by atoms with van der Waals surface area (Å²) in [5, 5.41) is 13.3. The Balaban J connectivity index is 2.28. The number of nitrogens with one attached hydrogen (secondary N) is 1. The van der Waals surface area contributed by atoms with Gasteiger partial charge in [0.15, 0.2) is 0 Å². The highest BCUT2D eigenvalue weighted by atomic mass is 19.1. The van der Waals surface area contributed by atoms with Crippen LogP contribution in [0.2, 0.25) is 0 Å². The molecule has 25 heavy (non-hydrogen) atoms. The number of benzene rings is 2. The molecular weight excluding hydrogens is 331 g/mol. The van der Waals surface area contributed by atoms with Gasteiger partial charge in [-0.25, -0.2) is 0 Å². The Bertz CT molecular complexity index is 770. The zero-order valence-corrected chi connectivity index (χ0v) is 13.7. The predicted molar refractivity (Wildman–Crippen MR) is 89.8 cm³/mol. The van der Waals surface area contributed by atoms with Crippen LogP contribution in [0.5, 0.6) is 11.5 Å². The number of anilines is 1. The molecule has 0 fully saturated rings. The van der Waals surface area contributed by atoms with E-state index in [9.17, 15) is 19.3 Å². The first-order valence-corrected chi connectivity index (χ1v) is 7.60. The summed E-state index contributed by atoms with van der Waals surface area (Å²) in [4.78, 5) is 22.3. The van der Waals surface area contributed by atoms with Crippen LogP contribution in [0.25, 0.3) is 0 Å². The Labute approximate surface area is 143 Å². The SMILES string of the molecule is CCOc1cc(OCC)cc(C(=O)Nc2ccc(F)c([N+](=O)[O-])c2)c1. The van der Waals surface area contributed by atoms with Crippen LogP contribution in [0.4, 0.5) is 15.8 Å². The maximum atomic E-state index is 13.4. The van der Waals surface area contributed by atoms with Gasteiger partial charge in [0.25, 0.3) is 5.91 Å². The highest BCUT2D eigenvalue weighted by molar-refractivity contribution is 6.05. The second-order valence-corrected chi connectivity index (χ2v) is 4.94. The number of hydrogen-bond donors (Lipinski definition) is 1. The number of ether oxygens (including phenoxy) is 2. The smallest absolute Gasteiger partial charge is 0.306 e. The Morgan fingerprint density at radius 1 is 1.12 bits per heavy atom. The molecule has 0 saturated heterocycles. The van der Waals surface area contributed by atoms with Crippen LogP contribution in [0.15, 0.2) is 36.4 Å². The second kappa shape index (κ2) is 8.09. The standard InChI is InChI=1S/C17H17FN2O5/c1-3-24-13-7-11(8-14(10-13)25-4-2)17(21)19-12-5-6-15(18)16(9-12)20(22)23/h5-10H,3-4H2,1-2H3,(H,19,21). The van der Waals surface area contributed by atoms with Crippen molar-refractivity contribution in [2.75, 3.05) is 18.5 Å². The summed E-state index contributed by atoms with van der Waals surface area (Å²) in [5.41, 5.74) is -0.352. The monoisotopic (exact) mass is 348 g/mol. The number of hydrogen-bond acceptors (Lipinski definition) is 5. The van der Waals surface area contributed by atoms with E-state index in [0.29, 0.717) is 24.7 Å². The quantitative estimate of drug-likeness (QED) is 0.607. The van der Waals surface area contributed by atoms with Crippen molar-refractivity contribution in [1.29, 1.82) is 0 Å². The lowest BCUT2D eigenvalue weighted by molar-refractivity contribution is -0.387. The number of nitro benzene ring substituents is 1. The molecule has 8 heteroatoms. The molecule has 2 aromatic carbocycles. The van der Waals surface area contributed by atoms with Crippen molar-refractivity contribution >= 4 is 17.3 Å². The fourth-order valence-electron chi connectivity index (χ4n) is 2.14. The van der Waals surface area contributed by atoms with Crippen molar-refractivity contribution in [3.8, 4) is 11.5 Å². The van der Waals surface area contributed by atoms with Gasteiger partial charge >= 0.3 is 5.69 Å². The van der Waals surface area contributed by atoms with Crippen LogP contribution >= 0.6 is 0 Å². The summed E-state index contributed by atoms with van der Waals surface area (Å²) in [5.74, 6) is -0.573. The third-order valence-electron chi connectivity index (χ3n) is 3.16. The van der Waals surface area contributed by atoms with Gasteiger partial charge in [0.1, 0.15) is 11.5 Å². The number of rotatable bonds is 7. The van der Waals surface area contributed by atoms with Gasteiger partial charge in [0.05, 0.1) is 18.1 Å². The molecule has 1 amide bonds.